The maximum Gasteiger partial charge on any atom is 0.231 e. The lowest BCUT2D eigenvalue weighted by Crippen LogP contribution is -3.06. The number of benzene rings is 2. The summed E-state index contributed by atoms with van der Waals surface area (Å²) >= 11 is 7.77. The first-order valence-corrected chi connectivity index (χ1v) is 10.1. The van der Waals surface area contributed by atoms with Crippen molar-refractivity contribution in [2.24, 2.45) is 0 Å². The van der Waals surface area contributed by atoms with E-state index in [1.807, 2.05) is 60.8 Å². The first-order chi connectivity index (χ1) is 13.0. The van der Waals surface area contributed by atoms with Gasteiger partial charge in [0.1, 0.15) is 23.8 Å². The van der Waals surface area contributed by atoms with Crippen LogP contribution >= 0.6 is 22.9 Å². The third kappa shape index (κ3) is 5.89. The summed E-state index contributed by atoms with van der Waals surface area (Å²) in [6, 6.07) is 15.7. The summed E-state index contributed by atoms with van der Waals surface area (Å²) in [4.78, 5) is 18.1. The molecule has 2 aromatic carbocycles. The number of nitrogens with zero attached hydrogens (tertiary/aromatic N) is 1. The van der Waals surface area contributed by atoms with Crippen LogP contribution in [0.2, 0.25) is 5.02 Å². The minimum atomic E-state index is -0.0449. The maximum atomic E-state index is 12.2. The van der Waals surface area contributed by atoms with E-state index in [0.717, 1.165) is 40.1 Å². The van der Waals surface area contributed by atoms with E-state index in [0.29, 0.717) is 6.42 Å². The molecule has 0 saturated heterocycles. The zero-order valence-corrected chi connectivity index (χ0v) is 17.0. The van der Waals surface area contributed by atoms with Crippen molar-refractivity contribution in [1.82, 2.24) is 4.98 Å². The van der Waals surface area contributed by atoms with Crippen molar-refractivity contribution >= 4 is 34.5 Å². The molecule has 0 spiro atoms. The number of quaternary nitrogens is 1. The molecule has 2 N–H and O–H groups in total. The molecule has 3 rings (SSSR count). The van der Waals surface area contributed by atoms with Crippen LogP contribution in [0, 0.1) is 6.92 Å². The highest BCUT2D eigenvalue weighted by molar-refractivity contribution is 7.09. The van der Waals surface area contributed by atoms with Crippen LogP contribution in [0.25, 0.3) is 0 Å². The zero-order chi connectivity index (χ0) is 19.2. The minimum Gasteiger partial charge on any atom is -0.329 e. The maximum absolute atomic E-state index is 12.2. The Kier molecular flexibility index (Phi) is 6.61. The second kappa shape index (κ2) is 9.13. The van der Waals surface area contributed by atoms with E-state index in [1.54, 1.807) is 0 Å². The molecule has 0 aliphatic rings. The lowest BCUT2D eigenvalue weighted by molar-refractivity contribution is -0.908. The number of anilines is 1. The van der Waals surface area contributed by atoms with Crippen LogP contribution in [0.1, 0.15) is 21.8 Å². The summed E-state index contributed by atoms with van der Waals surface area (Å²) in [5, 5.41) is 6.58. The fourth-order valence-corrected chi connectivity index (χ4v) is 3.82. The SMILES string of the molecule is Cc1ccc(NC(=O)Cc2nc(C[NH+](C)Cc3ccccc3Cl)cs2)cc1. The number of carbonyl (C=O) groups is 1. The van der Waals surface area contributed by atoms with Gasteiger partial charge in [-0.15, -0.1) is 11.3 Å². The third-order valence-corrected chi connectivity index (χ3v) is 5.45. The van der Waals surface area contributed by atoms with Gasteiger partial charge in [-0.2, -0.15) is 0 Å². The van der Waals surface area contributed by atoms with Crippen LogP contribution in [0.5, 0.6) is 0 Å². The van der Waals surface area contributed by atoms with Gasteiger partial charge >= 0.3 is 0 Å². The predicted molar refractivity (Wildman–Crippen MR) is 111 cm³/mol. The number of aromatic nitrogens is 1. The topological polar surface area (TPSA) is 46.4 Å². The molecular formula is C21H23ClN3OS+. The van der Waals surface area contributed by atoms with Gasteiger partial charge < -0.3 is 10.2 Å². The smallest absolute Gasteiger partial charge is 0.231 e. The zero-order valence-electron chi connectivity index (χ0n) is 15.5. The number of aryl methyl sites for hydroxylation is 1. The number of thiazole rings is 1. The van der Waals surface area contributed by atoms with Crippen LogP contribution in [0.3, 0.4) is 0 Å². The molecule has 0 saturated carbocycles. The van der Waals surface area contributed by atoms with Gasteiger partial charge in [0.2, 0.25) is 5.91 Å². The second-order valence-electron chi connectivity index (χ2n) is 6.73. The Bertz CT molecular complexity index is 908. The summed E-state index contributed by atoms with van der Waals surface area (Å²) in [6.45, 7) is 3.65. The number of rotatable bonds is 7. The average Bonchev–Trinajstić information content (AvgIpc) is 3.05. The Labute approximate surface area is 168 Å². The van der Waals surface area contributed by atoms with Gasteiger partial charge in [0.15, 0.2) is 0 Å². The first-order valence-electron chi connectivity index (χ1n) is 8.84. The standard InChI is InChI=1S/C21H22ClN3OS/c1-15-7-9-17(10-8-15)23-20(26)11-21-24-18(14-27-21)13-25(2)12-16-5-3-4-6-19(16)22/h3-10,14H,11-13H2,1-2H3,(H,23,26)/p+1. The molecule has 140 valence electrons. The Morgan fingerprint density at radius 3 is 2.63 bits per heavy atom. The summed E-state index contributed by atoms with van der Waals surface area (Å²) in [5.74, 6) is -0.0449. The molecule has 1 atom stereocenters. The van der Waals surface area contributed by atoms with Gasteiger partial charge in [0.25, 0.3) is 0 Å². The van der Waals surface area contributed by atoms with Gasteiger partial charge in [0.05, 0.1) is 13.5 Å². The first kappa shape index (κ1) is 19.5. The monoisotopic (exact) mass is 400 g/mol. The molecule has 4 nitrogen and oxygen atoms in total. The highest BCUT2D eigenvalue weighted by Gasteiger charge is 2.13. The Morgan fingerprint density at radius 1 is 1.15 bits per heavy atom. The summed E-state index contributed by atoms with van der Waals surface area (Å²) < 4.78 is 0. The molecule has 0 aliphatic heterocycles. The van der Waals surface area contributed by atoms with E-state index in [1.165, 1.54) is 21.8 Å². The summed E-state index contributed by atoms with van der Waals surface area (Å²) in [6.07, 6.45) is 0.294. The minimum absolute atomic E-state index is 0.0449. The summed E-state index contributed by atoms with van der Waals surface area (Å²) in [5.41, 5.74) is 4.11. The second-order valence-corrected chi connectivity index (χ2v) is 8.08. The molecule has 0 fully saturated rings. The van der Waals surface area contributed by atoms with E-state index >= 15 is 0 Å². The van der Waals surface area contributed by atoms with E-state index in [4.69, 9.17) is 11.6 Å². The molecule has 6 heteroatoms. The number of carbonyl (C=O) groups excluding carboxylic acids is 1. The van der Waals surface area contributed by atoms with Crippen molar-refractivity contribution < 1.29 is 9.69 Å². The number of hydrogen-bond donors (Lipinski definition) is 2. The number of amides is 1. The van der Waals surface area contributed by atoms with Gasteiger partial charge in [-0.05, 0) is 25.1 Å². The quantitative estimate of drug-likeness (QED) is 0.637. The lowest BCUT2D eigenvalue weighted by Gasteiger charge is -2.13. The fraction of sp³-hybridized carbons (Fsp3) is 0.238. The van der Waals surface area contributed by atoms with Gasteiger partial charge in [0, 0.05) is 21.7 Å². The Morgan fingerprint density at radius 2 is 1.89 bits per heavy atom. The van der Waals surface area contributed by atoms with Crippen molar-refractivity contribution in [2.75, 3.05) is 12.4 Å². The van der Waals surface area contributed by atoms with Crippen LogP contribution in [-0.2, 0) is 24.3 Å². The molecule has 1 unspecified atom stereocenters. The molecule has 0 bridgehead atoms. The van der Waals surface area contributed by atoms with Crippen LogP contribution in [-0.4, -0.2) is 17.9 Å². The molecule has 1 amide bonds. The van der Waals surface area contributed by atoms with E-state index in [2.05, 4.69) is 17.3 Å². The van der Waals surface area contributed by atoms with E-state index < -0.39 is 0 Å². The van der Waals surface area contributed by atoms with Crippen LogP contribution in [0.15, 0.2) is 53.9 Å². The summed E-state index contributed by atoms with van der Waals surface area (Å²) in [7, 11) is 2.12. The molecule has 3 aromatic rings. The molecule has 1 aromatic heterocycles. The van der Waals surface area contributed by atoms with Crippen molar-refractivity contribution in [3.05, 3.63) is 80.8 Å². The number of halogens is 1. The predicted octanol–water partition coefficient (Wildman–Crippen LogP) is 3.50. The third-order valence-electron chi connectivity index (χ3n) is 4.18. The Balaban J connectivity index is 1.52. The molecular weight excluding hydrogens is 378 g/mol. The Hall–Kier alpha value is -2.21. The highest BCUT2D eigenvalue weighted by atomic mass is 35.5. The van der Waals surface area contributed by atoms with Crippen molar-refractivity contribution in [3.63, 3.8) is 0 Å². The largest absolute Gasteiger partial charge is 0.329 e. The molecule has 27 heavy (non-hydrogen) atoms. The van der Waals surface area contributed by atoms with Crippen LogP contribution in [0.4, 0.5) is 5.69 Å². The van der Waals surface area contributed by atoms with Gasteiger partial charge in [-0.3, -0.25) is 4.79 Å². The van der Waals surface area contributed by atoms with Gasteiger partial charge in [-0.1, -0.05) is 47.5 Å². The molecule has 0 radical (unpaired) electrons. The van der Waals surface area contributed by atoms with Crippen molar-refractivity contribution in [3.8, 4) is 0 Å². The molecule has 1 heterocycles. The lowest BCUT2D eigenvalue weighted by atomic mass is 10.2. The van der Waals surface area contributed by atoms with Gasteiger partial charge in [-0.25, -0.2) is 4.98 Å². The van der Waals surface area contributed by atoms with Crippen LogP contribution < -0.4 is 10.2 Å². The van der Waals surface area contributed by atoms with E-state index in [-0.39, 0.29) is 5.91 Å². The average molecular weight is 401 g/mol. The fourth-order valence-electron chi connectivity index (χ4n) is 2.83. The number of nitrogens with one attached hydrogen (secondary N) is 2. The van der Waals surface area contributed by atoms with E-state index in [9.17, 15) is 4.79 Å². The molecule has 0 aliphatic carbocycles. The normalized spacial score (nSPS) is 12.0. The van der Waals surface area contributed by atoms with Crippen molar-refractivity contribution in [2.45, 2.75) is 26.4 Å². The highest BCUT2D eigenvalue weighted by Crippen LogP contribution is 2.15. The number of hydrogen-bond acceptors (Lipinski definition) is 3. The van der Waals surface area contributed by atoms with Crippen molar-refractivity contribution in [1.29, 1.82) is 0 Å².